The molecule has 1 N–H and O–H groups in total. The van der Waals surface area contributed by atoms with Gasteiger partial charge in [-0.05, 0) is 23.5 Å². The Labute approximate surface area is 112 Å². The summed E-state index contributed by atoms with van der Waals surface area (Å²) in [4.78, 5) is 11.5. The minimum absolute atomic E-state index is 0.142. The maximum atomic E-state index is 11.5. The molecule has 1 rings (SSSR count). The van der Waals surface area contributed by atoms with Crippen LogP contribution in [-0.4, -0.2) is 5.91 Å². The van der Waals surface area contributed by atoms with Crippen molar-refractivity contribution in [3.05, 3.63) is 35.4 Å². The molecule has 1 amide bonds. The molecule has 17 heavy (non-hydrogen) atoms. The number of carbonyl (C=O) groups is 1. The minimum Gasteiger partial charge on any atom is -0.352 e. The van der Waals surface area contributed by atoms with E-state index in [1.165, 1.54) is 5.56 Å². The molecular weight excluding hydrogens is 278 g/mol. The van der Waals surface area contributed by atoms with Crippen molar-refractivity contribution in [1.82, 2.24) is 5.32 Å². The molecule has 0 atom stereocenters. The zero-order valence-electron chi connectivity index (χ0n) is 10.5. The third-order valence-electron chi connectivity index (χ3n) is 2.62. The Hall–Kier alpha value is -0.830. The number of rotatable bonds is 6. The van der Waals surface area contributed by atoms with Crippen molar-refractivity contribution >= 4 is 21.8 Å². The second-order valence-corrected chi connectivity index (χ2v) is 5.22. The van der Waals surface area contributed by atoms with E-state index in [0.717, 1.165) is 17.3 Å². The number of amides is 1. The molecule has 94 valence electrons. The Kier molecular flexibility index (Phi) is 6.27. The van der Waals surface area contributed by atoms with Crippen molar-refractivity contribution in [1.29, 1.82) is 0 Å². The summed E-state index contributed by atoms with van der Waals surface area (Å²) >= 11 is 3.41. The Balaban J connectivity index is 2.31. The molecule has 0 saturated heterocycles. The molecular formula is C14H20BrNO. The fourth-order valence-electron chi connectivity index (χ4n) is 1.46. The van der Waals surface area contributed by atoms with Crippen LogP contribution in [0.1, 0.15) is 37.8 Å². The molecule has 0 aromatic heterocycles. The van der Waals surface area contributed by atoms with Gasteiger partial charge in [0, 0.05) is 18.3 Å². The van der Waals surface area contributed by atoms with Crippen molar-refractivity contribution in [2.24, 2.45) is 5.92 Å². The molecule has 0 saturated carbocycles. The molecule has 0 bridgehead atoms. The molecule has 3 heteroatoms. The monoisotopic (exact) mass is 297 g/mol. The van der Waals surface area contributed by atoms with Crippen LogP contribution in [0.5, 0.6) is 0 Å². The van der Waals surface area contributed by atoms with Crippen molar-refractivity contribution in [2.45, 2.75) is 38.6 Å². The Morgan fingerprint density at radius 2 is 1.82 bits per heavy atom. The maximum Gasteiger partial charge on any atom is 0.220 e. The van der Waals surface area contributed by atoms with Gasteiger partial charge in [0.25, 0.3) is 0 Å². The summed E-state index contributed by atoms with van der Waals surface area (Å²) in [5.74, 6) is 0.724. The van der Waals surface area contributed by atoms with Gasteiger partial charge in [-0.1, -0.05) is 54.0 Å². The number of carbonyl (C=O) groups excluding carboxylic acids is 1. The van der Waals surface area contributed by atoms with Gasteiger partial charge in [-0.2, -0.15) is 0 Å². The highest BCUT2D eigenvalue weighted by molar-refractivity contribution is 9.08. The Morgan fingerprint density at radius 1 is 1.24 bits per heavy atom. The summed E-state index contributed by atoms with van der Waals surface area (Å²) in [7, 11) is 0. The summed E-state index contributed by atoms with van der Waals surface area (Å²) in [6.45, 7) is 4.89. The number of hydrogen-bond acceptors (Lipinski definition) is 1. The van der Waals surface area contributed by atoms with E-state index in [1.807, 2.05) is 0 Å². The maximum absolute atomic E-state index is 11.5. The van der Waals surface area contributed by atoms with E-state index in [1.54, 1.807) is 0 Å². The Bertz CT molecular complexity index is 346. The number of hydrogen-bond donors (Lipinski definition) is 1. The molecule has 0 radical (unpaired) electrons. The molecule has 0 unspecified atom stereocenters. The van der Waals surface area contributed by atoms with Gasteiger partial charge in [-0.25, -0.2) is 0 Å². The lowest BCUT2D eigenvalue weighted by molar-refractivity contribution is -0.121. The zero-order valence-corrected chi connectivity index (χ0v) is 12.1. The van der Waals surface area contributed by atoms with Crippen LogP contribution in [0.4, 0.5) is 0 Å². The van der Waals surface area contributed by atoms with Gasteiger partial charge in [-0.3, -0.25) is 4.79 Å². The highest BCUT2D eigenvalue weighted by atomic mass is 79.9. The van der Waals surface area contributed by atoms with Gasteiger partial charge in [-0.15, -0.1) is 0 Å². The number of nitrogens with one attached hydrogen (secondary N) is 1. The first-order valence-electron chi connectivity index (χ1n) is 6.02. The van der Waals surface area contributed by atoms with Gasteiger partial charge in [0.05, 0.1) is 0 Å². The van der Waals surface area contributed by atoms with Crippen molar-refractivity contribution in [3.63, 3.8) is 0 Å². The summed E-state index contributed by atoms with van der Waals surface area (Å²) in [5, 5.41) is 3.81. The van der Waals surface area contributed by atoms with Gasteiger partial charge in [0.2, 0.25) is 5.91 Å². The van der Waals surface area contributed by atoms with E-state index in [0.29, 0.717) is 18.9 Å². The van der Waals surface area contributed by atoms with E-state index in [2.05, 4.69) is 59.4 Å². The average Bonchev–Trinajstić information content (AvgIpc) is 2.34. The number of benzene rings is 1. The summed E-state index contributed by atoms with van der Waals surface area (Å²) < 4.78 is 0. The predicted molar refractivity (Wildman–Crippen MR) is 75.0 cm³/mol. The lowest BCUT2D eigenvalue weighted by Crippen LogP contribution is -2.22. The molecule has 0 fully saturated rings. The largest absolute Gasteiger partial charge is 0.352 e. The van der Waals surface area contributed by atoms with E-state index in [4.69, 9.17) is 0 Å². The second kappa shape index (κ2) is 7.49. The van der Waals surface area contributed by atoms with Crippen LogP contribution >= 0.6 is 15.9 Å². The van der Waals surface area contributed by atoms with Crippen LogP contribution < -0.4 is 5.32 Å². The summed E-state index contributed by atoms with van der Waals surface area (Å²) in [6.07, 6.45) is 1.57. The van der Waals surface area contributed by atoms with Crippen molar-refractivity contribution in [3.8, 4) is 0 Å². The van der Waals surface area contributed by atoms with Gasteiger partial charge >= 0.3 is 0 Å². The summed E-state index contributed by atoms with van der Waals surface area (Å²) in [6, 6.07) is 8.26. The van der Waals surface area contributed by atoms with E-state index < -0.39 is 0 Å². The normalized spacial score (nSPS) is 10.6. The van der Waals surface area contributed by atoms with E-state index in [9.17, 15) is 4.79 Å². The predicted octanol–water partition coefficient (Wildman–Crippen LogP) is 3.63. The highest BCUT2D eigenvalue weighted by Crippen LogP contribution is 2.08. The van der Waals surface area contributed by atoms with Crippen LogP contribution in [0.25, 0.3) is 0 Å². The lowest BCUT2D eigenvalue weighted by Gasteiger charge is -2.07. The fourth-order valence-corrected chi connectivity index (χ4v) is 1.83. The third kappa shape index (κ3) is 5.87. The first-order valence-corrected chi connectivity index (χ1v) is 7.14. The molecule has 0 heterocycles. The SMILES string of the molecule is CC(C)CCC(=O)NCc1ccc(CBr)cc1. The minimum atomic E-state index is 0.142. The molecule has 0 spiro atoms. The first kappa shape index (κ1) is 14.2. The molecule has 2 nitrogen and oxygen atoms in total. The standard InChI is InChI=1S/C14H20BrNO/c1-11(2)3-8-14(17)16-10-13-6-4-12(9-15)5-7-13/h4-7,11H,3,8-10H2,1-2H3,(H,16,17). The number of halogens is 1. The second-order valence-electron chi connectivity index (χ2n) is 4.66. The quantitative estimate of drug-likeness (QED) is 0.798. The van der Waals surface area contributed by atoms with Crippen LogP contribution in [0.15, 0.2) is 24.3 Å². The van der Waals surface area contributed by atoms with Crippen LogP contribution in [0.2, 0.25) is 0 Å². The topological polar surface area (TPSA) is 29.1 Å². The van der Waals surface area contributed by atoms with Crippen LogP contribution in [0, 0.1) is 5.92 Å². The van der Waals surface area contributed by atoms with Crippen LogP contribution in [0.3, 0.4) is 0 Å². The average molecular weight is 298 g/mol. The van der Waals surface area contributed by atoms with E-state index >= 15 is 0 Å². The molecule has 0 aliphatic rings. The molecule has 0 aliphatic carbocycles. The zero-order chi connectivity index (χ0) is 12.7. The molecule has 0 aliphatic heterocycles. The van der Waals surface area contributed by atoms with Gasteiger partial charge in [0.1, 0.15) is 0 Å². The van der Waals surface area contributed by atoms with Crippen molar-refractivity contribution in [2.75, 3.05) is 0 Å². The van der Waals surface area contributed by atoms with Gasteiger partial charge < -0.3 is 5.32 Å². The van der Waals surface area contributed by atoms with Gasteiger partial charge in [0.15, 0.2) is 0 Å². The Morgan fingerprint density at radius 3 is 2.35 bits per heavy atom. The third-order valence-corrected chi connectivity index (χ3v) is 3.26. The molecule has 1 aromatic rings. The van der Waals surface area contributed by atoms with Crippen LogP contribution in [-0.2, 0) is 16.7 Å². The van der Waals surface area contributed by atoms with Crippen molar-refractivity contribution < 1.29 is 4.79 Å². The molecule has 1 aromatic carbocycles. The summed E-state index contributed by atoms with van der Waals surface area (Å²) in [5.41, 5.74) is 2.40. The first-order chi connectivity index (χ1) is 8.11. The number of alkyl halides is 1. The highest BCUT2D eigenvalue weighted by Gasteiger charge is 2.03. The lowest BCUT2D eigenvalue weighted by atomic mass is 10.1. The fraction of sp³-hybridized carbons (Fsp3) is 0.500. The smallest absolute Gasteiger partial charge is 0.220 e. The van der Waals surface area contributed by atoms with E-state index in [-0.39, 0.29) is 5.91 Å².